The van der Waals surface area contributed by atoms with Crippen molar-refractivity contribution in [3.63, 3.8) is 0 Å². The molecule has 0 aliphatic carbocycles. The molecule has 1 atom stereocenters. The molecule has 1 unspecified atom stereocenters. The molecule has 1 amide bonds. The third-order valence-electron chi connectivity index (χ3n) is 4.81. The molecule has 0 aliphatic heterocycles. The van der Waals surface area contributed by atoms with Crippen LogP contribution in [0.15, 0.2) is 59.8 Å². The van der Waals surface area contributed by atoms with Gasteiger partial charge in [0.05, 0.1) is 5.75 Å². The Bertz CT molecular complexity index is 1030. The van der Waals surface area contributed by atoms with Crippen LogP contribution in [0, 0.1) is 11.7 Å². The van der Waals surface area contributed by atoms with Crippen LogP contribution in [0.3, 0.4) is 0 Å². The van der Waals surface area contributed by atoms with Crippen LogP contribution in [-0.4, -0.2) is 33.0 Å². The molecule has 0 spiro atoms. The van der Waals surface area contributed by atoms with Crippen molar-refractivity contribution in [1.82, 2.24) is 14.8 Å². The van der Waals surface area contributed by atoms with Gasteiger partial charge in [-0.15, -0.1) is 10.2 Å². The Morgan fingerprint density at radius 3 is 2.44 bits per heavy atom. The van der Waals surface area contributed by atoms with Crippen molar-refractivity contribution < 1.29 is 13.9 Å². The second-order valence-electron chi connectivity index (χ2n) is 7.80. The zero-order valence-corrected chi connectivity index (χ0v) is 19.7. The first-order valence-electron chi connectivity index (χ1n) is 10.7. The fraction of sp³-hybridized carbons (Fsp3) is 0.375. The summed E-state index contributed by atoms with van der Waals surface area (Å²) in [5, 5.41) is 9.28. The summed E-state index contributed by atoms with van der Waals surface area (Å²) in [5.41, 5.74) is 0.872. The maximum atomic E-state index is 14.0. The summed E-state index contributed by atoms with van der Waals surface area (Å²) < 4.78 is 21.8. The standard InChI is InChI=1S/C24H29FN4O2S/c1-5-28(19-11-7-6-8-12-19)22(30)16-32-24-27-26-23(29(24)15-17(2)3)18(4)31-21-14-10-9-13-20(21)25/h6-14,17-18H,5,15-16H2,1-4H3. The number of thioether (sulfide) groups is 1. The van der Waals surface area contributed by atoms with Gasteiger partial charge in [-0.3, -0.25) is 4.79 Å². The lowest BCUT2D eigenvalue weighted by molar-refractivity contribution is -0.116. The lowest BCUT2D eigenvalue weighted by atomic mass is 10.2. The number of hydrogen-bond donors (Lipinski definition) is 0. The first-order valence-corrected chi connectivity index (χ1v) is 11.7. The highest BCUT2D eigenvalue weighted by Crippen LogP contribution is 2.27. The molecule has 0 fully saturated rings. The Morgan fingerprint density at radius 2 is 1.78 bits per heavy atom. The van der Waals surface area contributed by atoms with Gasteiger partial charge >= 0.3 is 0 Å². The van der Waals surface area contributed by atoms with Crippen LogP contribution in [0.4, 0.5) is 10.1 Å². The van der Waals surface area contributed by atoms with Gasteiger partial charge in [-0.1, -0.05) is 55.9 Å². The van der Waals surface area contributed by atoms with E-state index >= 15 is 0 Å². The van der Waals surface area contributed by atoms with Gasteiger partial charge in [-0.2, -0.15) is 0 Å². The molecule has 32 heavy (non-hydrogen) atoms. The van der Waals surface area contributed by atoms with E-state index in [0.29, 0.717) is 30.0 Å². The quantitative estimate of drug-likeness (QED) is 0.385. The Morgan fingerprint density at radius 1 is 1.09 bits per heavy atom. The van der Waals surface area contributed by atoms with Gasteiger partial charge in [0.25, 0.3) is 0 Å². The number of halogens is 1. The Hall–Kier alpha value is -2.87. The number of amides is 1. The topological polar surface area (TPSA) is 60.3 Å². The van der Waals surface area contributed by atoms with E-state index in [9.17, 15) is 9.18 Å². The molecule has 170 valence electrons. The molecule has 0 N–H and O–H groups in total. The zero-order chi connectivity index (χ0) is 23.1. The summed E-state index contributed by atoms with van der Waals surface area (Å²) in [4.78, 5) is 14.6. The Labute approximate surface area is 192 Å². The maximum absolute atomic E-state index is 14.0. The lowest BCUT2D eigenvalue weighted by Gasteiger charge is -2.21. The first kappa shape index (κ1) is 23.8. The minimum Gasteiger partial charge on any atom is -0.480 e. The van der Waals surface area contributed by atoms with Crippen molar-refractivity contribution >= 4 is 23.4 Å². The molecule has 0 radical (unpaired) electrons. The molecule has 6 nitrogen and oxygen atoms in total. The smallest absolute Gasteiger partial charge is 0.237 e. The number of anilines is 1. The molecular formula is C24H29FN4O2S. The van der Waals surface area contributed by atoms with Crippen LogP contribution in [0.2, 0.25) is 0 Å². The average Bonchev–Trinajstić information content (AvgIpc) is 3.17. The average molecular weight is 457 g/mol. The number of ether oxygens (including phenoxy) is 1. The van der Waals surface area contributed by atoms with Crippen LogP contribution in [0.5, 0.6) is 5.75 Å². The number of carbonyl (C=O) groups excluding carboxylic acids is 1. The number of para-hydroxylation sites is 2. The number of rotatable bonds is 10. The molecule has 3 aromatic rings. The zero-order valence-electron chi connectivity index (χ0n) is 18.9. The monoisotopic (exact) mass is 456 g/mol. The highest BCUT2D eigenvalue weighted by Gasteiger charge is 2.23. The largest absolute Gasteiger partial charge is 0.480 e. The van der Waals surface area contributed by atoms with E-state index in [0.717, 1.165) is 5.69 Å². The van der Waals surface area contributed by atoms with Gasteiger partial charge in [0.1, 0.15) is 0 Å². The van der Waals surface area contributed by atoms with E-state index in [-0.39, 0.29) is 17.4 Å². The molecule has 0 saturated carbocycles. The van der Waals surface area contributed by atoms with E-state index < -0.39 is 11.9 Å². The second kappa shape index (κ2) is 11.1. The number of aromatic nitrogens is 3. The van der Waals surface area contributed by atoms with Crippen molar-refractivity contribution in [2.24, 2.45) is 5.92 Å². The van der Waals surface area contributed by atoms with Gasteiger partial charge in [0.2, 0.25) is 5.91 Å². The molecular weight excluding hydrogens is 427 g/mol. The summed E-state index contributed by atoms with van der Waals surface area (Å²) in [6.45, 7) is 9.22. The van der Waals surface area contributed by atoms with Crippen molar-refractivity contribution in [2.75, 3.05) is 17.2 Å². The van der Waals surface area contributed by atoms with Crippen molar-refractivity contribution in [3.8, 4) is 5.75 Å². The first-order chi connectivity index (χ1) is 15.4. The van der Waals surface area contributed by atoms with Gasteiger partial charge in [0, 0.05) is 18.8 Å². The SMILES string of the molecule is CCN(C(=O)CSc1nnc(C(C)Oc2ccccc2F)n1CC(C)C)c1ccccc1. The van der Waals surface area contributed by atoms with Crippen LogP contribution in [0.25, 0.3) is 0 Å². The summed E-state index contributed by atoms with van der Waals surface area (Å²) in [5.74, 6) is 0.922. The van der Waals surface area contributed by atoms with Gasteiger partial charge in [-0.05, 0) is 44.0 Å². The van der Waals surface area contributed by atoms with E-state index in [1.165, 1.54) is 17.8 Å². The van der Waals surface area contributed by atoms with E-state index in [2.05, 4.69) is 24.0 Å². The highest BCUT2D eigenvalue weighted by atomic mass is 32.2. The van der Waals surface area contributed by atoms with Crippen molar-refractivity contribution in [1.29, 1.82) is 0 Å². The molecule has 0 bridgehead atoms. The fourth-order valence-corrected chi connectivity index (χ4v) is 4.17. The lowest BCUT2D eigenvalue weighted by Crippen LogP contribution is -2.32. The summed E-state index contributed by atoms with van der Waals surface area (Å²) >= 11 is 1.35. The third-order valence-corrected chi connectivity index (χ3v) is 5.76. The molecule has 3 rings (SSSR count). The molecule has 8 heteroatoms. The molecule has 1 heterocycles. The minimum atomic E-state index is -0.500. The van der Waals surface area contributed by atoms with Crippen LogP contribution in [-0.2, 0) is 11.3 Å². The summed E-state index contributed by atoms with van der Waals surface area (Å²) in [7, 11) is 0. The van der Waals surface area contributed by atoms with Crippen LogP contribution in [0.1, 0.15) is 39.6 Å². The van der Waals surface area contributed by atoms with Crippen molar-refractivity contribution in [3.05, 3.63) is 66.2 Å². The van der Waals surface area contributed by atoms with Gasteiger partial charge in [0.15, 0.2) is 28.7 Å². The molecule has 1 aromatic heterocycles. The highest BCUT2D eigenvalue weighted by molar-refractivity contribution is 7.99. The predicted octanol–water partition coefficient (Wildman–Crippen LogP) is 5.36. The van der Waals surface area contributed by atoms with E-state index in [1.807, 2.05) is 48.7 Å². The number of nitrogens with zero attached hydrogens (tertiary/aromatic N) is 4. The summed E-state index contributed by atoms with van der Waals surface area (Å²) in [6.07, 6.45) is -0.500. The molecule has 0 aliphatic rings. The van der Waals surface area contributed by atoms with Crippen molar-refractivity contribution in [2.45, 2.75) is 45.5 Å². The van der Waals surface area contributed by atoms with Crippen LogP contribution >= 0.6 is 11.8 Å². The minimum absolute atomic E-state index is 0.00000189. The molecule has 2 aromatic carbocycles. The Kier molecular flexibility index (Phi) is 8.27. The second-order valence-corrected chi connectivity index (χ2v) is 8.74. The molecule has 0 saturated heterocycles. The number of benzene rings is 2. The Balaban J connectivity index is 1.76. The normalized spacial score (nSPS) is 12.1. The fourth-order valence-electron chi connectivity index (χ4n) is 3.34. The van der Waals surface area contributed by atoms with E-state index in [1.54, 1.807) is 23.1 Å². The number of carbonyl (C=O) groups is 1. The maximum Gasteiger partial charge on any atom is 0.237 e. The predicted molar refractivity (Wildman–Crippen MR) is 125 cm³/mol. The van der Waals surface area contributed by atoms with Crippen LogP contribution < -0.4 is 9.64 Å². The number of hydrogen-bond acceptors (Lipinski definition) is 5. The van der Waals surface area contributed by atoms with Gasteiger partial charge < -0.3 is 14.2 Å². The third kappa shape index (κ3) is 5.88. The van der Waals surface area contributed by atoms with E-state index in [4.69, 9.17) is 4.74 Å². The summed E-state index contributed by atoms with van der Waals surface area (Å²) in [6, 6.07) is 15.9. The van der Waals surface area contributed by atoms with Gasteiger partial charge in [-0.25, -0.2) is 4.39 Å².